The highest BCUT2D eigenvalue weighted by Crippen LogP contribution is 2.44. The van der Waals surface area contributed by atoms with Crippen molar-refractivity contribution in [1.29, 1.82) is 0 Å². The van der Waals surface area contributed by atoms with Gasteiger partial charge >= 0.3 is 5.97 Å². The topological polar surface area (TPSA) is 26.3 Å². The zero-order valence-corrected chi connectivity index (χ0v) is 7.64. The minimum Gasteiger partial charge on any atom is -0.459 e. The Morgan fingerprint density at radius 3 is 2.75 bits per heavy atom. The van der Waals surface area contributed by atoms with Crippen molar-refractivity contribution in [3.63, 3.8) is 0 Å². The predicted molar refractivity (Wildman–Crippen MR) is 45.7 cm³/mol. The largest absolute Gasteiger partial charge is 0.459 e. The number of esters is 1. The maximum absolute atomic E-state index is 11.1. The summed E-state index contributed by atoms with van der Waals surface area (Å²) >= 11 is 0. The second-order valence-electron chi connectivity index (χ2n) is 4.19. The Balaban J connectivity index is 2.13. The standard InChI is InChI=1S/C10H16O2/c1-8-4-2-6-10(8)7-3-5-9(11)12-10/h8H,2-7H2,1H3/t8-,10-/m0/s1. The molecule has 2 atom stereocenters. The monoisotopic (exact) mass is 168 g/mol. The number of hydrogen-bond acceptors (Lipinski definition) is 2. The molecular weight excluding hydrogens is 152 g/mol. The van der Waals surface area contributed by atoms with E-state index in [1.54, 1.807) is 0 Å². The first-order chi connectivity index (χ1) is 5.73. The highest BCUT2D eigenvalue weighted by molar-refractivity contribution is 5.70. The predicted octanol–water partition coefficient (Wildman–Crippen LogP) is 2.27. The van der Waals surface area contributed by atoms with Crippen LogP contribution in [0.2, 0.25) is 0 Å². The molecule has 2 nitrogen and oxygen atoms in total. The van der Waals surface area contributed by atoms with Crippen molar-refractivity contribution in [2.24, 2.45) is 5.92 Å². The van der Waals surface area contributed by atoms with E-state index in [0.29, 0.717) is 12.3 Å². The van der Waals surface area contributed by atoms with Gasteiger partial charge in [0.2, 0.25) is 0 Å². The highest BCUT2D eigenvalue weighted by atomic mass is 16.6. The lowest BCUT2D eigenvalue weighted by Crippen LogP contribution is -2.40. The molecule has 0 N–H and O–H groups in total. The van der Waals surface area contributed by atoms with Crippen LogP contribution in [0.25, 0.3) is 0 Å². The molecule has 12 heavy (non-hydrogen) atoms. The number of rotatable bonds is 0. The molecule has 2 aliphatic rings. The van der Waals surface area contributed by atoms with Crippen molar-refractivity contribution >= 4 is 5.97 Å². The summed E-state index contributed by atoms with van der Waals surface area (Å²) in [6.07, 6.45) is 6.32. The van der Waals surface area contributed by atoms with Crippen molar-refractivity contribution in [3.8, 4) is 0 Å². The van der Waals surface area contributed by atoms with E-state index in [0.717, 1.165) is 19.3 Å². The molecule has 0 radical (unpaired) electrons. The SMILES string of the molecule is C[C@H]1CCC[C@]12CCCC(=O)O2. The summed E-state index contributed by atoms with van der Waals surface area (Å²) in [5, 5.41) is 0. The van der Waals surface area contributed by atoms with Crippen molar-refractivity contribution in [2.75, 3.05) is 0 Å². The van der Waals surface area contributed by atoms with E-state index in [2.05, 4.69) is 6.92 Å². The number of carbonyl (C=O) groups excluding carboxylic acids is 1. The van der Waals surface area contributed by atoms with Crippen LogP contribution in [0.1, 0.15) is 45.4 Å². The van der Waals surface area contributed by atoms with Crippen molar-refractivity contribution in [3.05, 3.63) is 0 Å². The van der Waals surface area contributed by atoms with Crippen LogP contribution in [0.5, 0.6) is 0 Å². The molecule has 0 unspecified atom stereocenters. The quantitative estimate of drug-likeness (QED) is 0.519. The van der Waals surface area contributed by atoms with Crippen LogP contribution in [-0.2, 0) is 9.53 Å². The normalized spacial score (nSPS) is 41.8. The number of carbonyl (C=O) groups is 1. The van der Waals surface area contributed by atoms with Gasteiger partial charge in [-0.1, -0.05) is 6.92 Å². The van der Waals surface area contributed by atoms with Gasteiger partial charge in [-0.3, -0.25) is 4.79 Å². The summed E-state index contributed by atoms with van der Waals surface area (Å²) in [6.45, 7) is 2.21. The average Bonchev–Trinajstić information content (AvgIpc) is 2.33. The first-order valence-corrected chi connectivity index (χ1v) is 4.95. The molecule has 0 aromatic carbocycles. The van der Waals surface area contributed by atoms with E-state index >= 15 is 0 Å². The zero-order chi connectivity index (χ0) is 8.60. The van der Waals surface area contributed by atoms with Crippen LogP contribution in [0.3, 0.4) is 0 Å². The molecule has 0 bridgehead atoms. The molecule has 0 amide bonds. The average molecular weight is 168 g/mol. The third-order valence-corrected chi connectivity index (χ3v) is 3.43. The molecule has 1 aliphatic heterocycles. The fourth-order valence-corrected chi connectivity index (χ4v) is 2.60. The van der Waals surface area contributed by atoms with Gasteiger partial charge in [0.25, 0.3) is 0 Å². The first-order valence-electron chi connectivity index (χ1n) is 4.95. The molecule has 2 fully saturated rings. The lowest BCUT2D eigenvalue weighted by molar-refractivity contribution is -0.171. The van der Waals surface area contributed by atoms with E-state index in [9.17, 15) is 4.79 Å². The zero-order valence-electron chi connectivity index (χ0n) is 7.64. The van der Waals surface area contributed by atoms with Gasteiger partial charge in [0.1, 0.15) is 5.60 Å². The van der Waals surface area contributed by atoms with Crippen LogP contribution in [0, 0.1) is 5.92 Å². The molecule has 1 saturated heterocycles. The lowest BCUT2D eigenvalue weighted by Gasteiger charge is -2.36. The maximum Gasteiger partial charge on any atom is 0.306 e. The molecule has 1 aliphatic carbocycles. The van der Waals surface area contributed by atoms with E-state index in [1.165, 1.54) is 12.8 Å². The Bertz CT molecular complexity index is 200. The molecule has 2 heteroatoms. The lowest BCUT2D eigenvalue weighted by atomic mass is 9.85. The van der Waals surface area contributed by atoms with Gasteiger partial charge in [-0.2, -0.15) is 0 Å². The molecule has 1 heterocycles. The van der Waals surface area contributed by atoms with Crippen LogP contribution >= 0.6 is 0 Å². The number of hydrogen-bond donors (Lipinski definition) is 0. The first kappa shape index (κ1) is 8.09. The highest BCUT2D eigenvalue weighted by Gasteiger charge is 2.45. The summed E-state index contributed by atoms with van der Waals surface area (Å²) in [4.78, 5) is 11.1. The Kier molecular flexibility index (Phi) is 1.85. The van der Waals surface area contributed by atoms with Gasteiger partial charge in [0.05, 0.1) is 0 Å². The van der Waals surface area contributed by atoms with E-state index in [1.807, 2.05) is 0 Å². The van der Waals surface area contributed by atoms with E-state index < -0.39 is 0 Å². The molecular formula is C10H16O2. The number of ether oxygens (including phenoxy) is 1. The Morgan fingerprint density at radius 1 is 1.42 bits per heavy atom. The smallest absolute Gasteiger partial charge is 0.306 e. The van der Waals surface area contributed by atoms with Crippen molar-refractivity contribution < 1.29 is 9.53 Å². The van der Waals surface area contributed by atoms with Crippen LogP contribution in [0.15, 0.2) is 0 Å². The molecule has 1 saturated carbocycles. The van der Waals surface area contributed by atoms with Gasteiger partial charge in [-0.15, -0.1) is 0 Å². The third-order valence-electron chi connectivity index (χ3n) is 3.43. The van der Waals surface area contributed by atoms with Crippen LogP contribution < -0.4 is 0 Å². The fourth-order valence-electron chi connectivity index (χ4n) is 2.60. The van der Waals surface area contributed by atoms with Crippen molar-refractivity contribution in [2.45, 2.75) is 51.0 Å². The summed E-state index contributed by atoms with van der Waals surface area (Å²) in [7, 11) is 0. The van der Waals surface area contributed by atoms with Gasteiger partial charge in [-0.05, 0) is 38.0 Å². The van der Waals surface area contributed by atoms with Crippen molar-refractivity contribution in [1.82, 2.24) is 0 Å². The second-order valence-corrected chi connectivity index (χ2v) is 4.19. The molecule has 68 valence electrons. The van der Waals surface area contributed by atoms with Crippen LogP contribution in [0.4, 0.5) is 0 Å². The molecule has 0 aromatic heterocycles. The summed E-state index contributed by atoms with van der Waals surface area (Å²) in [6, 6.07) is 0. The fraction of sp³-hybridized carbons (Fsp3) is 0.900. The second kappa shape index (κ2) is 2.75. The minimum atomic E-state index is -0.0463. The van der Waals surface area contributed by atoms with Gasteiger partial charge in [-0.25, -0.2) is 0 Å². The van der Waals surface area contributed by atoms with E-state index in [4.69, 9.17) is 4.74 Å². The summed E-state index contributed by atoms with van der Waals surface area (Å²) in [5.74, 6) is 0.608. The Labute approximate surface area is 73.3 Å². The molecule has 2 rings (SSSR count). The minimum absolute atomic E-state index is 0.0231. The van der Waals surface area contributed by atoms with Gasteiger partial charge in [0, 0.05) is 6.42 Å². The van der Waals surface area contributed by atoms with Gasteiger partial charge < -0.3 is 4.74 Å². The summed E-state index contributed by atoms with van der Waals surface area (Å²) < 4.78 is 5.51. The molecule has 1 spiro atoms. The van der Waals surface area contributed by atoms with Gasteiger partial charge in [0.15, 0.2) is 0 Å². The Morgan fingerprint density at radius 2 is 2.17 bits per heavy atom. The van der Waals surface area contributed by atoms with Crippen LogP contribution in [-0.4, -0.2) is 11.6 Å². The summed E-state index contributed by atoms with van der Waals surface area (Å²) in [5.41, 5.74) is -0.0463. The van der Waals surface area contributed by atoms with E-state index in [-0.39, 0.29) is 11.6 Å². The molecule has 0 aromatic rings. The Hall–Kier alpha value is -0.530. The third kappa shape index (κ3) is 1.13. The maximum atomic E-state index is 11.1.